The minimum Gasteiger partial charge on any atom is -0.391 e. The van der Waals surface area contributed by atoms with E-state index in [-0.39, 0.29) is 11.3 Å². The second-order valence-corrected chi connectivity index (χ2v) is 12.0. The van der Waals surface area contributed by atoms with Crippen LogP contribution in [-0.2, 0) is 16.6 Å². The molecule has 3 fully saturated rings. The molecule has 4 atom stereocenters. The van der Waals surface area contributed by atoms with E-state index >= 15 is 0 Å². The Hall–Kier alpha value is -1.82. The number of halogens is 1. The molecule has 10 nitrogen and oxygen atoms in total. The second kappa shape index (κ2) is 8.51. The molecular weight excluding hydrogens is 454 g/mol. The first-order chi connectivity index (χ1) is 15.3. The molecule has 5 rings (SSSR count). The van der Waals surface area contributed by atoms with Crippen molar-refractivity contribution in [2.75, 3.05) is 18.4 Å². The zero-order valence-corrected chi connectivity index (χ0v) is 19.6. The number of rotatable bonds is 8. The third-order valence-electron chi connectivity index (χ3n) is 6.62. The fourth-order valence-electron chi connectivity index (χ4n) is 4.96. The highest BCUT2D eigenvalue weighted by Crippen LogP contribution is 2.42. The molecule has 0 aromatic carbocycles. The fraction of sp³-hybridized carbons (Fsp3) is 0.700. The van der Waals surface area contributed by atoms with Gasteiger partial charge in [0, 0.05) is 31.5 Å². The third-order valence-corrected chi connectivity index (χ3v) is 9.23. The first-order valence-corrected chi connectivity index (χ1v) is 13.1. The molecule has 12 heteroatoms. The molecule has 3 heterocycles. The van der Waals surface area contributed by atoms with Gasteiger partial charge in [0.25, 0.3) is 0 Å². The van der Waals surface area contributed by atoms with Crippen molar-refractivity contribution in [1.29, 1.82) is 0 Å². The van der Waals surface area contributed by atoms with Gasteiger partial charge >= 0.3 is 0 Å². The van der Waals surface area contributed by atoms with Crippen molar-refractivity contribution in [2.24, 2.45) is 16.8 Å². The van der Waals surface area contributed by atoms with E-state index < -0.39 is 22.4 Å². The Kier molecular flexibility index (Phi) is 5.85. The number of nitrogens with zero attached hydrogens (tertiary/aromatic N) is 4. The van der Waals surface area contributed by atoms with Crippen LogP contribution < -0.4 is 16.0 Å². The van der Waals surface area contributed by atoms with Gasteiger partial charge < -0.3 is 21.1 Å². The average molecular weight is 484 g/mol. The number of aromatic nitrogens is 2. The summed E-state index contributed by atoms with van der Waals surface area (Å²) in [6.45, 7) is 3.42. The Balaban J connectivity index is 1.14. The maximum absolute atomic E-state index is 12.5. The van der Waals surface area contributed by atoms with E-state index in [9.17, 15) is 13.5 Å². The van der Waals surface area contributed by atoms with Crippen LogP contribution in [0, 0.1) is 11.8 Å². The van der Waals surface area contributed by atoms with Crippen LogP contribution in [0.4, 0.5) is 5.69 Å². The molecule has 1 aromatic rings. The summed E-state index contributed by atoms with van der Waals surface area (Å²) in [6.07, 6.45) is 7.74. The van der Waals surface area contributed by atoms with Crippen molar-refractivity contribution < 1.29 is 13.5 Å². The maximum atomic E-state index is 12.5. The van der Waals surface area contributed by atoms with E-state index in [1.54, 1.807) is 28.3 Å². The number of anilines is 1. The SMILES string of the molecule is CC(O)Cn1cc(NC2N=CC(Cl)=C(NC3CC4CN(S(=O)(=O)C5CC5)CC4C3)N2)cn1. The molecule has 4 aliphatic rings. The minimum absolute atomic E-state index is 0.131. The van der Waals surface area contributed by atoms with Crippen LogP contribution in [0.2, 0.25) is 0 Å². The van der Waals surface area contributed by atoms with E-state index in [0.717, 1.165) is 37.2 Å². The van der Waals surface area contributed by atoms with Crippen LogP contribution in [0.3, 0.4) is 0 Å². The Bertz CT molecular complexity index is 1010. The highest BCUT2D eigenvalue weighted by Gasteiger charge is 2.48. The number of aliphatic imine (C=N–C) groups is 1. The summed E-state index contributed by atoms with van der Waals surface area (Å²) in [6, 6.07) is 0.243. The number of allylic oxidation sites excluding steroid dienone is 1. The second-order valence-electron chi connectivity index (χ2n) is 9.39. The van der Waals surface area contributed by atoms with Gasteiger partial charge in [-0.15, -0.1) is 0 Å². The van der Waals surface area contributed by atoms with Gasteiger partial charge in [-0.3, -0.25) is 4.68 Å². The number of nitrogens with one attached hydrogen (secondary N) is 3. The van der Waals surface area contributed by atoms with E-state index in [0.29, 0.717) is 36.5 Å². The molecule has 0 bridgehead atoms. The lowest BCUT2D eigenvalue weighted by Gasteiger charge is -2.27. The lowest BCUT2D eigenvalue weighted by Crippen LogP contribution is -2.44. The van der Waals surface area contributed by atoms with Gasteiger partial charge in [0.2, 0.25) is 10.0 Å². The molecule has 0 radical (unpaired) electrons. The Morgan fingerprint density at radius 1 is 1.28 bits per heavy atom. The van der Waals surface area contributed by atoms with Gasteiger partial charge in [0.1, 0.15) is 5.82 Å². The van der Waals surface area contributed by atoms with Crippen LogP contribution in [0.15, 0.2) is 28.2 Å². The monoisotopic (exact) mass is 483 g/mol. The number of fused-ring (bicyclic) bond motifs is 1. The first kappa shape index (κ1) is 22.0. The molecule has 32 heavy (non-hydrogen) atoms. The molecule has 1 saturated heterocycles. The summed E-state index contributed by atoms with van der Waals surface area (Å²) in [7, 11) is -3.08. The van der Waals surface area contributed by atoms with Crippen LogP contribution in [0.1, 0.15) is 32.6 Å². The Morgan fingerprint density at radius 3 is 2.66 bits per heavy atom. The third kappa shape index (κ3) is 4.61. The van der Waals surface area contributed by atoms with Crippen LogP contribution in [0.5, 0.6) is 0 Å². The number of sulfonamides is 1. The van der Waals surface area contributed by atoms with Gasteiger partial charge in [-0.2, -0.15) is 5.10 Å². The number of aliphatic hydroxyl groups excluding tert-OH is 1. The summed E-state index contributed by atoms with van der Waals surface area (Å²) in [5, 5.41) is 24.2. The summed E-state index contributed by atoms with van der Waals surface area (Å²) in [4.78, 5) is 4.38. The molecule has 2 saturated carbocycles. The topological polar surface area (TPSA) is 124 Å². The zero-order chi connectivity index (χ0) is 22.5. The predicted molar refractivity (Wildman–Crippen MR) is 122 cm³/mol. The fourth-order valence-corrected chi connectivity index (χ4v) is 7.08. The van der Waals surface area contributed by atoms with E-state index in [1.807, 2.05) is 6.20 Å². The molecular formula is C20H30ClN7O3S. The van der Waals surface area contributed by atoms with Crippen molar-refractivity contribution in [3.8, 4) is 0 Å². The largest absolute Gasteiger partial charge is 0.391 e. The van der Waals surface area contributed by atoms with Crippen molar-refractivity contribution in [2.45, 2.75) is 62.8 Å². The molecule has 1 aromatic heterocycles. The normalized spacial score (nSPS) is 31.5. The molecule has 176 valence electrons. The van der Waals surface area contributed by atoms with E-state index in [1.165, 1.54) is 0 Å². The summed E-state index contributed by atoms with van der Waals surface area (Å²) in [5.74, 6) is 1.51. The van der Waals surface area contributed by atoms with Crippen LogP contribution in [0.25, 0.3) is 0 Å². The van der Waals surface area contributed by atoms with Gasteiger partial charge in [-0.1, -0.05) is 11.6 Å². The maximum Gasteiger partial charge on any atom is 0.216 e. The Morgan fingerprint density at radius 2 is 2.00 bits per heavy atom. The standard InChI is InChI=1S/C20H30ClN7O3S/c1-12(29)8-27-11-16(6-23-27)25-20-22-7-18(21)19(26-20)24-15-4-13-9-28(10-14(13)5-15)32(30,31)17-2-3-17/h6-7,11-15,17,20,24-26,29H,2-5,8-10H2,1H3. The van der Waals surface area contributed by atoms with E-state index in [2.05, 4.69) is 26.0 Å². The number of hydrogen-bond acceptors (Lipinski definition) is 8. The molecule has 0 amide bonds. The lowest BCUT2D eigenvalue weighted by atomic mass is 10.0. The van der Waals surface area contributed by atoms with Crippen molar-refractivity contribution in [3.63, 3.8) is 0 Å². The predicted octanol–water partition coefficient (Wildman–Crippen LogP) is 0.834. The van der Waals surface area contributed by atoms with Gasteiger partial charge in [0.05, 0.1) is 34.8 Å². The highest BCUT2D eigenvalue weighted by molar-refractivity contribution is 7.90. The summed E-state index contributed by atoms with van der Waals surface area (Å²) >= 11 is 6.38. The molecule has 2 aliphatic heterocycles. The number of hydrogen-bond donors (Lipinski definition) is 4. The van der Waals surface area contributed by atoms with Gasteiger partial charge in [-0.25, -0.2) is 17.7 Å². The van der Waals surface area contributed by atoms with Gasteiger partial charge in [-0.05, 0) is 44.4 Å². The van der Waals surface area contributed by atoms with Crippen LogP contribution >= 0.6 is 11.6 Å². The summed E-state index contributed by atoms with van der Waals surface area (Å²) < 4.78 is 28.5. The van der Waals surface area contributed by atoms with Crippen molar-refractivity contribution >= 4 is 33.5 Å². The van der Waals surface area contributed by atoms with Crippen LogP contribution in [-0.4, -0.2) is 70.6 Å². The van der Waals surface area contributed by atoms with Gasteiger partial charge in [0.15, 0.2) is 6.29 Å². The first-order valence-electron chi connectivity index (χ1n) is 11.2. The van der Waals surface area contributed by atoms with Crippen molar-refractivity contribution in [3.05, 3.63) is 23.2 Å². The minimum atomic E-state index is -3.08. The molecule has 4 N–H and O–H groups in total. The molecule has 0 spiro atoms. The Labute approximate surface area is 193 Å². The smallest absolute Gasteiger partial charge is 0.216 e. The molecule has 4 unspecified atom stereocenters. The quantitative estimate of drug-likeness (QED) is 0.431. The van der Waals surface area contributed by atoms with Crippen molar-refractivity contribution in [1.82, 2.24) is 24.7 Å². The molecule has 2 aliphatic carbocycles. The zero-order valence-electron chi connectivity index (χ0n) is 18.0. The lowest BCUT2D eigenvalue weighted by molar-refractivity contribution is 0.168. The van der Waals surface area contributed by atoms with E-state index in [4.69, 9.17) is 11.6 Å². The summed E-state index contributed by atoms with van der Waals surface area (Å²) in [5.41, 5.74) is 0.782. The highest BCUT2D eigenvalue weighted by atomic mass is 35.5. The number of aliphatic hydroxyl groups is 1. The average Bonchev–Trinajstić information content (AvgIpc) is 3.23.